The van der Waals surface area contributed by atoms with Crippen molar-refractivity contribution in [3.05, 3.63) is 29.3 Å². The first-order valence-corrected chi connectivity index (χ1v) is 8.13. The fourth-order valence-corrected chi connectivity index (χ4v) is 2.14. The highest BCUT2D eigenvalue weighted by atomic mass is 28.4. The Kier molecular flexibility index (Phi) is 3.57. The van der Waals surface area contributed by atoms with Crippen LogP contribution in [0.3, 0.4) is 0 Å². The summed E-state index contributed by atoms with van der Waals surface area (Å²) in [5.41, 5.74) is 2.54. The molecular weight excluding hydrogens is 202 g/mol. The lowest BCUT2D eigenvalue weighted by Gasteiger charge is -2.31. The monoisotopic (exact) mass is 223 g/mol. The maximum absolute atomic E-state index is 6.14. The van der Waals surface area contributed by atoms with Crippen molar-refractivity contribution in [1.29, 1.82) is 0 Å². The Hall–Kier alpha value is -0.803. The third-order valence-corrected chi connectivity index (χ3v) is 5.87. The first kappa shape index (κ1) is 12.3. The lowest BCUT2D eigenvalue weighted by molar-refractivity contribution is 0.442. The summed E-state index contributed by atoms with van der Waals surface area (Å²) in [6.45, 7) is 8.64. The summed E-state index contributed by atoms with van der Waals surface area (Å²) in [7, 11) is 2.42. The quantitative estimate of drug-likeness (QED) is 0.731. The molecule has 84 valence electrons. The van der Waals surface area contributed by atoms with Crippen LogP contribution in [0.25, 0.3) is 0 Å². The summed E-state index contributed by atoms with van der Waals surface area (Å²) in [4.78, 5) is 0. The molecule has 1 rings (SSSR count). The summed E-state index contributed by atoms with van der Waals surface area (Å²) in [6.07, 6.45) is 0. The molecule has 0 heterocycles. The van der Waals surface area contributed by atoms with E-state index < -0.39 is 8.48 Å². The number of hydrogen-bond donors (Lipinski definition) is 0. The van der Waals surface area contributed by atoms with E-state index in [-0.39, 0.29) is 0 Å². The van der Waals surface area contributed by atoms with E-state index in [0.717, 1.165) is 5.75 Å². The van der Waals surface area contributed by atoms with Gasteiger partial charge in [-0.25, -0.2) is 0 Å². The minimum atomic E-state index is -1.74. The van der Waals surface area contributed by atoms with Crippen LogP contribution in [-0.4, -0.2) is 27.1 Å². The Morgan fingerprint density at radius 1 is 1.13 bits per heavy atom. The standard InChI is InChI=1S/C12H21NOSi/c1-10-8-7-9-12(11(10)2)14-15(5,6)13(3)4/h7-9H,1-6H3. The van der Waals surface area contributed by atoms with Crippen molar-refractivity contribution in [3.63, 3.8) is 0 Å². The van der Waals surface area contributed by atoms with Crippen LogP contribution < -0.4 is 4.43 Å². The number of nitrogens with zero attached hydrogens (tertiary/aromatic N) is 1. The molecule has 1 aromatic rings. The summed E-state index contributed by atoms with van der Waals surface area (Å²) < 4.78 is 8.34. The summed E-state index contributed by atoms with van der Waals surface area (Å²) in [5, 5.41) is 0. The predicted octanol–water partition coefficient (Wildman–Crippen LogP) is 2.95. The highest BCUT2D eigenvalue weighted by Crippen LogP contribution is 2.24. The molecule has 15 heavy (non-hydrogen) atoms. The SMILES string of the molecule is Cc1cccc(O[Si](C)(C)N(C)C)c1C. The summed E-state index contributed by atoms with van der Waals surface area (Å²) in [6, 6.07) is 6.23. The van der Waals surface area contributed by atoms with Gasteiger partial charge >= 0.3 is 8.48 Å². The third-order valence-electron chi connectivity index (χ3n) is 2.99. The van der Waals surface area contributed by atoms with Gasteiger partial charge in [-0.2, -0.15) is 0 Å². The van der Waals surface area contributed by atoms with E-state index in [2.05, 4.69) is 63.8 Å². The van der Waals surface area contributed by atoms with Gasteiger partial charge in [0.1, 0.15) is 5.75 Å². The lowest BCUT2D eigenvalue weighted by atomic mass is 10.1. The molecule has 0 N–H and O–H groups in total. The molecule has 3 heteroatoms. The first-order valence-electron chi connectivity index (χ1n) is 5.27. The van der Waals surface area contributed by atoms with Gasteiger partial charge in [-0.05, 0) is 58.2 Å². The zero-order valence-electron chi connectivity index (χ0n) is 10.6. The van der Waals surface area contributed by atoms with Crippen molar-refractivity contribution in [1.82, 2.24) is 4.57 Å². The Balaban J connectivity index is 2.95. The molecule has 0 aromatic heterocycles. The number of aryl methyl sites for hydroxylation is 1. The zero-order chi connectivity index (χ0) is 11.6. The molecule has 0 bridgehead atoms. The normalized spacial score (nSPS) is 11.9. The zero-order valence-corrected chi connectivity index (χ0v) is 11.6. The number of hydrogen-bond acceptors (Lipinski definition) is 2. The average Bonchev–Trinajstić information content (AvgIpc) is 2.12. The van der Waals surface area contributed by atoms with Gasteiger partial charge in [-0.3, -0.25) is 4.57 Å². The van der Waals surface area contributed by atoms with Crippen LogP contribution in [0.5, 0.6) is 5.75 Å². The van der Waals surface area contributed by atoms with E-state index in [1.165, 1.54) is 11.1 Å². The van der Waals surface area contributed by atoms with E-state index >= 15 is 0 Å². The van der Waals surface area contributed by atoms with E-state index in [4.69, 9.17) is 4.43 Å². The Labute approximate surface area is 94.1 Å². The van der Waals surface area contributed by atoms with E-state index in [1.54, 1.807) is 0 Å². The number of rotatable bonds is 3. The molecule has 0 atom stereocenters. The Morgan fingerprint density at radius 2 is 1.73 bits per heavy atom. The second kappa shape index (κ2) is 4.37. The third kappa shape index (κ3) is 2.83. The van der Waals surface area contributed by atoms with Crippen LogP contribution in [0.4, 0.5) is 0 Å². The van der Waals surface area contributed by atoms with Gasteiger partial charge in [0.25, 0.3) is 0 Å². The molecule has 0 amide bonds. The molecule has 0 aliphatic heterocycles. The minimum absolute atomic E-state index is 1.03. The minimum Gasteiger partial charge on any atom is -0.529 e. The molecule has 1 aromatic carbocycles. The molecule has 0 aliphatic carbocycles. The second-order valence-electron chi connectivity index (χ2n) is 4.64. The fourth-order valence-electron chi connectivity index (χ4n) is 1.20. The van der Waals surface area contributed by atoms with Gasteiger partial charge in [0, 0.05) is 0 Å². The van der Waals surface area contributed by atoms with Crippen molar-refractivity contribution in [3.8, 4) is 5.75 Å². The second-order valence-corrected chi connectivity index (χ2v) is 8.63. The molecule has 0 fully saturated rings. The van der Waals surface area contributed by atoms with Crippen LogP contribution in [0, 0.1) is 13.8 Å². The topological polar surface area (TPSA) is 12.5 Å². The van der Waals surface area contributed by atoms with Crippen LogP contribution in [0.1, 0.15) is 11.1 Å². The van der Waals surface area contributed by atoms with Crippen molar-refractivity contribution < 1.29 is 4.43 Å². The molecule has 0 spiro atoms. The predicted molar refractivity (Wildman–Crippen MR) is 67.7 cm³/mol. The molecule has 0 saturated carbocycles. The van der Waals surface area contributed by atoms with Gasteiger partial charge in [0.2, 0.25) is 0 Å². The highest BCUT2D eigenvalue weighted by molar-refractivity contribution is 6.68. The Morgan fingerprint density at radius 3 is 2.27 bits per heavy atom. The maximum Gasteiger partial charge on any atom is 0.324 e. The van der Waals surface area contributed by atoms with Crippen LogP contribution in [0.15, 0.2) is 18.2 Å². The molecule has 0 unspecified atom stereocenters. The molecular formula is C12H21NOSi. The highest BCUT2D eigenvalue weighted by Gasteiger charge is 2.28. The fraction of sp³-hybridized carbons (Fsp3) is 0.500. The maximum atomic E-state index is 6.14. The van der Waals surface area contributed by atoms with Gasteiger partial charge in [0.05, 0.1) is 0 Å². The van der Waals surface area contributed by atoms with Crippen LogP contribution in [0.2, 0.25) is 13.1 Å². The van der Waals surface area contributed by atoms with Crippen LogP contribution in [-0.2, 0) is 0 Å². The van der Waals surface area contributed by atoms with E-state index in [9.17, 15) is 0 Å². The summed E-state index contributed by atoms with van der Waals surface area (Å²) >= 11 is 0. The lowest BCUT2D eigenvalue weighted by Crippen LogP contribution is -2.49. The molecule has 2 nitrogen and oxygen atoms in total. The van der Waals surface area contributed by atoms with Crippen molar-refractivity contribution in [2.24, 2.45) is 0 Å². The van der Waals surface area contributed by atoms with Crippen LogP contribution >= 0.6 is 0 Å². The van der Waals surface area contributed by atoms with Gasteiger partial charge in [-0.1, -0.05) is 12.1 Å². The average molecular weight is 223 g/mol. The molecule has 0 saturated heterocycles. The molecule has 0 radical (unpaired) electrons. The molecule has 0 aliphatic rings. The van der Waals surface area contributed by atoms with Gasteiger partial charge in [0.15, 0.2) is 0 Å². The largest absolute Gasteiger partial charge is 0.529 e. The number of benzene rings is 1. The van der Waals surface area contributed by atoms with E-state index in [1.807, 2.05) is 0 Å². The van der Waals surface area contributed by atoms with Crippen molar-refractivity contribution in [2.75, 3.05) is 14.1 Å². The smallest absolute Gasteiger partial charge is 0.324 e. The van der Waals surface area contributed by atoms with Crippen molar-refractivity contribution >= 4 is 8.48 Å². The Bertz CT molecular complexity index is 347. The summed E-state index contributed by atoms with van der Waals surface area (Å²) in [5.74, 6) is 1.03. The van der Waals surface area contributed by atoms with E-state index in [0.29, 0.717) is 0 Å². The first-order chi connectivity index (χ1) is 6.84. The van der Waals surface area contributed by atoms with Gasteiger partial charge in [-0.15, -0.1) is 0 Å². The van der Waals surface area contributed by atoms with Gasteiger partial charge < -0.3 is 4.43 Å². The van der Waals surface area contributed by atoms with Crippen molar-refractivity contribution in [2.45, 2.75) is 26.9 Å².